The summed E-state index contributed by atoms with van der Waals surface area (Å²) in [7, 11) is -3.44. The van der Waals surface area contributed by atoms with Crippen molar-refractivity contribution in [1.82, 2.24) is 15.0 Å². The molecule has 160 valence electrons. The van der Waals surface area contributed by atoms with Crippen molar-refractivity contribution in [3.8, 4) is 21.1 Å². The predicted molar refractivity (Wildman–Crippen MR) is 123 cm³/mol. The average Bonchev–Trinajstić information content (AvgIpc) is 3.15. The minimum atomic E-state index is -3.44. The van der Waals surface area contributed by atoms with E-state index < -0.39 is 10.0 Å². The zero-order valence-corrected chi connectivity index (χ0v) is 18.8. The number of hydrogen-bond acceptors (Lipinski definition) is 8. The molecule has 0 saturated carbocycles. The number of nitrogens with zero attached hydrogens (tertiary/aromatic N) is 5. The van der Waals surface area contributed by atoms with Gasteiger partial charge in [0.15, 0.2) is 0 Å². The average molecular weight is 456 g/mol. The van der Waals surface area contributed by atoms with E-state index in [4.69, 9.17) is 9.82 Å². The van der Waals surface area contributed by atoms with Crippen LogP contribution in [0.4, 0.5) is 5.69 Å². The molecule has 0 amide bonds. The van der Waals surface area contributed by atoms with E-state index in [1.807, 2.05) is 25.1 Å². The molecule has 0 bridgehead atoms. The second-order valence-electron chi connectivity index (χ2n) is 6.95. The minimum Gasteiger partial charge on any atom is -0.391 e. The van der Waals surface area contributed by atoms with Gasteiger partial charge >= 0.3 is 0 Å². The lowest BCUT2D eigenvalue weighted by atomic mass is 10.1. The molecule has 0 radical (unpaired) electrons. The Morgan fingerprint density at radius 1 is 1.32 bits per heavy atom. The number of thiazole rings is 1. The Hall–Kier alpha value is -3.11. The summed E-state index contributed by atoms with van der Waals surface area (Å²) in [6.07, 6.45) is 6.68. The van der Waals surface area contributed by atoms with Crippen LogP contribution in [0.15, 0.2) is 54.5 Å². The van der Waals surface area contributed by atoms with E-state index in [1.54, 1.807) is 24.5 Å². The highest BCUT2D eigenvalue weighted by atomic mass is 32.2. The van der Waals surface area contributed by atoms with Crippen LogP contribution < -0.4 is 4.31 Å². The molecule has 0 fully saturated rings. The van der Waals surface area contributed by atoms with Gasteiger partial charge in [-0.2, -0.15) is 0 Å². The van der Waals surface area contributed by atoms with Crippen LogP contribution in [0.5, 0.6) is 0 Å². The standard InChI is InChI=1S/C21H21N5O3S2/c1-4-12-29-25-16-9-11-26(31(3,27)28)18-8-7-17(24-19(16)18)20-14(2)23-21(30-20)15-6-5-10-22-13-15/h4-8,10,13H,1,9,11-12H2,2-3H3/b25-16+. The van der Waals surface area contributed by atoms with Gasteiger partial charge in [0.2, 0.25) is 10.0 Å². The summed E-state index contributed by atoms with van der Waals surface area (Å²) in [6.45, 7) is 6.09. The number of sulfonamides is 1. The van der Waals surface area contributed by atoms with E-state index in [0.29, 0.717) is 29.2 Å². The molecule has 3 aromatic rings. The van der Waals surface area contributed by atoms with Crippen molar-refractivity contribution in [3.05, 3.63) is 60.7 Å². The van der Waals surface area contributed by atoms with Crippen LogP contribution in [-0.4, -0.2) is 48.5 Å². The van der Waals surface area contributed by atoms with Crippen LogP contribution in [0.25, 0.3) is 21.1 Å². The largest absolute Gasteiger partial charge is 0.391 e. The highest BCUT2D eigenvalue weighted by molar-refractivity contribution is 7.92. The highest BCUT2D eigenvalue weighted by Gasteiger charge is 2.30. The lowest BCUT2D eigenvalue weighted by Gasteiger charge is -2.29. The molecule has 0 atom stereocenters. The molecular weight excluding hydrogens is 434 g/mol. The van der Waals surface area contributed by atoms with Crippen LogP contribution in [-0.2, 0) is 14.9 Å². The van der Waals surface area contributed by atoms with Crippen LogP contribution in [0, 0.1) is 6.92 Å². The van der Waals surface area contributed by atoms with Gasteiger partial charge in [-0.3, -0.25) is 9.29 Å². The summed E-state index contributed by atoms with van der Waals surface area (Å²) in [5.74, 6) is 0. The first-order valence-electron chi connectivity index (χ1n) is 9.55. The zero-order chi connectivity index (χ0) is 22.0. The number of rotatable bonds is 6. The molecule has 4 heterocycles. The first kappa shape index (κ1) is 21.1. The van der Waals surface area contributed by atoms with Crippen LogP contribution in [0.2, 0.25) is 0 Å². The normalized spacial score (nSPS) is 15.0. The summed E-state index contributed by atoms with van der Waals surface area (Å²) in [6, 6.07) is 7.41. The molecule has 0 aromatic carbocycles. The van der Waals surface area contributed by atoms with Gasteiger partial charge < -0.3 is 4.84 Å². The first-order valence-corrected chi connectivity index (χ1v) is 12.2. The van der Waals surface area contributed by atoms with Gasteiger partial charge in [0.1, 0.15) is 23.0 Å². The van der Waals surface area contributed by atoms with Gasteiger partial charge in [-0.15, -0.1) is 11.3 Å². The second-order valence-corrected chi connectivity index (χ2v) is 9.85. The molecule has 1 aliphatic rings. The third-order valence-corrected chi connectivity index (χ3v) is 7.08. The van der Waals surface area contributed by atoms with Crippen molar-refractivity contribution in [1.29, 1.82) is 0 Å². The SMILES string of the molecule is C=CCO/N=C1\CCN(S(C)(=O)=O)c2ccc(-c3sc(-c4cccnc4)nc3C)nc21. The molecule has 8 nitrogen and oxygen atoms in total. The van der Waals surface area contributed by atoms with E-state index in [2.05, 4.69) is 21.7 Å². The Morgan fingerprint density at radius 3 is 2.87 bits per heavy atom. The predicted octanol–water partition coefficient (Wildman–Crippen LogP) is 3.65. The maximum atomic E-state index is 12.3. The minimum absolute atomic E-state index is 0.261. The molecule has 1 aliphatic heterocycles. The Labute approximate surface area is 185 Å². The van der Waals surface area contributed by atoms with Crippen LogP contribution >= 0.6 is 11.3 Å². The summed E-state index contributed by atoms with van der Waals surface area (Å²) in [4.78, 5) is 19.8. The van der Waals surface area contributed by atoms with Crippen molar-refractivity contribution in [2.75, 3.05) is 23.7 Å². The summed E-state index contributed by atoms with van der Waals surface area (Å²) in [5, 5.41) is 5.03. The molecule has 0 aliphatic carbocycles. The molecule has 3 aromatic heterocycles. The molecule has 0 N–H and O–H groups in total. The molecule has 0 unspecified atom stereocenters. The highest BCUT2D eigenvalue weighted by Crippen LogP contribution is 2.36. The third kappa shape index (κ3) is 4.35. The summed E-state index contributed by atoms with van der Waals surface area (Å²) < 4.78 is 25.9. The molecular formula is C21H21N5O3S2. The van der Waals surface area contributed by atoms with E-state index in [0.717, 1.165) is 21.1 Å². The number of oxime groups is 1. The van der Waals surface area contributed by atoms with Gasteiger partial charge in [0.25, 0.3) is 0 Å². The zero-order valence-electron chi connectivity index (χ0n) is 17.1. The fourth-order valence-electron chi connectivity index (χ4n) is 3.29. The van der Waals surface area contributed by atoms with Crippen molar-refractivity contribution < 1.29 is 13.3 Å². The number of aromatic nitrogens is 3. The van der Waals surface area contributed by atoms with Gasteiger partial charge in [0.05, 0.1) is 28.2 Å². The van der Waals surface area contributed by atoms with E-state index in [-0.39, 0.29) is 13.2 Å². The first-order chi connectivity index (χ1) is 14.9. The maximum Gasteiger partial charge on any atom is 0.232 e. The number of anilines is 1. The van der Waals surface area contributed by atoms with Crippen LogP contribution in [0.1, 0.15) is 17.8 Å². The fourth-order valence-corrected chi connectivity index (χ4v) is 5.24. The quantitative estimate of drug-likeness (QED) is 0.320. The molecule has 31 heavy (non-hydrogen) atoms. The topological polar surface area (TPSA) is 97.6 Å². The molecule has 4 rings (SSSR count). The fraction of sp³-hybridized carbons (Fsp3) is 0.238. The van der Waals surface area contributed by atoms with Gasteiger partial charge in [0, 0.05) is 30.9 Å². The van der Waals surface area contributed by atoms with E-state index >= 15 is 0 Å². The number of pyridine rings is 2. The molecule has 0 saturated heterocycles. The number of fused-ring (bicyclic) bond motifs is 1. The van der Waals surface area contributed by atoms with Gasteiger partial charge in [-0.1, -0.05) is 17.8 Å². The summed E-state index contributed by atoms with van der Waals surface area (Å²) >= 11 is 1.52. The van der Waals surface area contributed by atoms with Crippen molar-refractivity contribution >= 4 is 32.8 Å². The lowest BCUT2D eigenvalue weighted by molar-refractivity contribution is 0.174. The molecule has 0 spiro atoms. The van der Waals surface area contributed by atoms with Crippen molar-refractivity contribution in [2.24, 2.45) is 5.16 Å². The van der Waals surface area contributed by atoms with Gasteiger partial charge in [-0.25, -0.2) is 18.4 Å². The Balaban J connectivity index is 1.80. The Morgan fingerprint density at radius 2 is 2.16 bits per heavy atom. The Kier molecular flexibility index (Phi) is 5.84. The number of aryl methyl sites for hydroxylation is 1. The third-order valence-electron chi connectivity index (χ3n) is 4.67. The smallest absolute Gasteiger partial charge is 0.232 e. The van der Waals surface area contributed by atoms with Gasteiger partial charge in [-0.05, 0) is 31.2 Å². The number of hydrogen-bond donors (Lipinski definition) is 0. The Bertz CT molecular complexity index is 1250. The van der Waals surface area contributed by atoms with Crippen LogP contribution in [0.3, 0.4) is 0 Å². The second kappa shape index (κ2) is 8.56. The van der Waals surface area contributed by atoms with E-state index in [9.17, 15) is 8.42 Å². The monoisotopic (exact) mass is 455 g/mol. The summed E-state index contributed by atoms with van der Waals surface area (Å²) in [5.41, 5.74) is 4.07. The van der Waals surface area contributed by atoms with E-state index in [1.165, 1.54) is 21.9 Å². The van der Waals surface area contributed by atoms with Crippen molar-refractivity contribution in [2.45, 2.75) is 13.3 Å². The molecule has 10 heteroatoms. The van der Waals surface area contributed by atoms with Crippen molar-refractivity contribution in [3.63, 3.8) is 0 Å². The lowest BCUT2D eigenvalue weighted by Crippen LogP contribution is -2.37. The maximum absolute atomic E-state index is 12.3.